The Morgan fingerprint density at radius 1 is 0.842 bits per heavy atom. The highest BCUT2D eigenvalue weighted by molar-refractivity contribution is 5.96. The van der Waals surface area contributed by atoms with Gasteiger partial charge in [-0.05, 0) is 54.6 Å². The Labute approximate surface area is 214 Å². The van der Waals surface area contributed by atoms with Crippen molar-refractivity contribution < 1.29 is 29.0 Å². The number of carboxylic acid groups (broad SMARTS) is 2. The molecule has 0 spiro atoms. The van der Waals surface area contributed by atoms with E-state index in [1.807, 2.05) is 0 Å². The van der Waals surface area contributed by atoms with Crippen molar-refractivity contribution in [2.24, 2.45) is 5.10 Å². The van der Waals surface area contributed by atoms with Crippen molar-refractivity contribution in [1.29, 1.82) is 0 Å². The summed E-state index contributed by atoms with van der Waals surface area (Å²) in [6, 6.07) is 20.9. The third-order valence-corrected chi connectivity index (χ3v) is 5.90. The Bertz CT molecular complexity index is 1740. The number of hydrazone groups is 1. The van der Waals surface area contributed by atoms with Crippen molar-refractivity contribution in [2.75, 3.05) is 0 Å². The molecule has 0 unspecified atom stereocenters. The topological polar surface area (TPSA) is 151 Å². The van der Waals surface area contributed by atoms with Gasteiger partial charge in [-0.2, -0.15) is 5.10 Å². The van der Waals surface area contributed by atoms with Crippen LogP contribution in [0.3, 0.4) is 0 Å². The average molecular weight is 509 g/mol. The maximum atomic E-state index is 12.9. The molecule has 1 amide bonds. The number of amides is 1. The summed E-state index contributed by atoms with van der Waals surface area (Å²) in [5, 5.41) is 23.5. The van der Waals surface area contributed by atoms with E-state index >= 15 is 0 Å². The van der Waals surface area contributed by atoms with Crippen molar-refractivity contribution in [1.82, 2.24) is 9.99 Å². The summed E-state index contributed by atoms with van der Waals surface area (Å²) in [5.41, 5.74) is 3.45. The van der Waals surface area contributed by atoms with Crippen LogP contribution in [0.1, 0.15) is 26.5 Å². The van der Waals surface area contributed by atoms with Crippen molar-refractivity contribution in [3.05, 3.63) is 106 Å². The summed E-state index contributed by atoms with van der Waals surface area (Å²) >= 11 is 0. The highest BCUT2D eigenvalue weighted by Crippen LogP contribution is 2.25. The Kier molecular flexibility index (Phi) is 6.28. The number of fused-ring (bicyclic) bond motifs is 2. The minimum Gasteiger partial charge on any atom is -0.478 e. The Hall–Kier alpha value is -5.51. The highest BCUT2D eigenvalue weighted by atomic mass is 16.4. The number of rotatable bonds is 7. The van der Waals surface area contributed by atoms with E-state index in [0.717, 1.165) is 6.07 Å². The molecule has 0 fully saturated rings. The molecule has 38 heavy (non-hydrogen) atoms. The number of hydrogen-bond acceptors (Lipinski definition) is 6. The van der Waals surface area contributed by atoms with Crippen LogP contribution in [0, 0.1) is 0 Å². The lowest BCUT2D eigenvalue weighted by Gasteiger charge is -2.14. The first-order chi connectivity index (χ1) is 18.3. The zero-order chi connectivity index (χ0) is 26.8. The predicted octanol–water partition coefficient (Wildman–Crippen LogP) is 3.96. The minimum absolute atomic E-state index is 0.0952. The summed E-state index contributed by atoms with van der Waals surface area (Å²) in [6.45, 7) is -0.0952. The molecular formula is C28H19N3O7. The lowest BCUT2D eigenvalue weighted by atomic mass is 10.0. The van der Waals surface area contributed by atoms with Gasteiger partial charge in [0.05, 0.1) is 28.4 Å². The molecule has 0 saturated heterocycles. The van der Waals surface area contributed by atoms with Crippen LogP contribution in [-0.4, -0.2) is 38.8 Å². The molecule has 2 heterocycles. The van der Waals surface area contributed by atoms with Crippen molar-refractivity contribution in [2.45, 2.75) is 6.54 Å². The Morgan fingerprint density at radius 2 is 1.42 bits per heavy atom. The van der Waals surface area contributed by atoms with Crippen LogP contribution < -0.4 is 10.9 Å². The first kappa shape index (κ1) is 24.2. The van der Waals surface area contributed by atoms with E-state index in [0.29, 0.717) is 21.8 Å². The van der Waals surface area contributed by atoms with Gasteiger partial charge in [0, 0.05) is 16.3 Å². The Morgan fingerprint density at radius 3 is 2.00 bits per heavy atom. The number of nitrogens with zero attached hydrogens (tertiary/aromatic N) is 2. The number of furan rings is 1. The number of nitrogens with one attached hydrogen (secondary N) is 1. The summed E-state index contributed by atoms with van der Waals surface area (Å²) in [6.07, 6.45) is 1.27. The molecule has 3 N–H and O–H groups in total. The average Bonchev–Trinajstić information content (AvgIpc) is 3.40. The van der Waals surface area contributed by atoms with Gasteiger partial charge in [-0.15, -0.1) is 0 Å². The fourth-order valence-corrected chi connectivity index (χ4v) is 4.19. The molecule has 0 aliphatic heterocycles. The van der Waals surface area contributed by atoms with E-state index in [1.54, 1.807) is 59.2 Å². The fraction of sp³-hybridized carbons (Fsp3) is 0.0357. The van der Waals surface area contributed by atoms with Crippen LogP contribution in [-0.2, 0) is 11.3 Å². The van der Waals surface area contributed by atoms with Gasteiger partial charge in [-0.1, -0.05) is 24.3 Å². The van der Waals surface area contributed by atoms with Gasteiger partial charge >= 0.3 is 11.9 Å². The van der Waals surface area contributed by atoms with E-state index in [1.165, 1.54) is 24.4 Å². The summed E-state index contributed by atoms with van der Waals surface area (Å²) < 4.78 is 7.39. The highest BCUT2D eigenvalue weighted by Gasteiger charge is 2.15. The molecule has 0 radical (unpaired) electrons. The zero-order valence-corrected chi connectivity index (χ0v) is 19.6. The molecule has 2 aromatic heterocycles. The van der Waals surface area contributed by atoms with Crippen molar-refractivity contribution in [3.63, 3.8) is 0 Å². The molecule has 0 atom stereocenters. The second kappa shape index (κ2) is 9.86. The number of benzene rings is 3. The smallest absolute Gasteiger partial charge is 0.335 e. The van der Waals surface area contributed by atoms with Crippen LogP contribution in [0.5, 0.6) is 0 Å². The monoisotopic (exact) mass is 509 g/mol. The summed E-state index contributed by atoms with van der Waals surface area (Å²) in [5.74, 6) is -2.50. The van der Waals surface area contributed by atoms with Crippen molar-refractivity contribution >= 4 is 45.9 Å². The molecule has 0 aliphatic rings. The molecule has 188 valence electrons. The Balaban J connectivity index is 1.36. The third-order valence-electron chi connectivity index (χ3n) is 5.90. The van der Waals surface area contributed by atoms with Gasteiger partial charge in [0.1, 0.15) is 18.1 Å². The van der Waals surface area contributed by atoms with Crippen LogP contribution in [0.25, 0.3) is 33.1 Å². The lowest BCUT2D eigenvalue weighted by Crippen LogP contribution is -2.25. The molecule has 10 heteroatoms. The van der Waals surface area contributed by atoms with E-state index in [2.05, 4.69) is 10.5 Å². The number of hydrogen-bond donors (Lipinski definition) is 3. The number of carbonyl (C=O) groups is 3. The molecule has 0 saturated carbocycles. The first-order valence-corrected chi connectivity index (χ1v) is 11.4. The molecule has 5 rings (SSSR count). The minimum atomic E-state index is -1.27. The van der Waals surface area contributed by atoms with Crippen molar-refractivity contribution in [3.8, 4) is 11.3 Å². The molecular weight excluding hydrogens is 490 g/mol. The number of carboxylic acids is 2. The van der Waals surface area contributed by atoms with Crippen LogP contribution in [0.4, 0.5) is 0 Å². The van der Waals surface area contributed by atoms with Crippen LogP contribution >= 0.6 is 0 Å². The molecule has 0 aliphatic carbocycles. The van der Waals surface area contributed by atoms with Gasteiger partial charge in [-0.3, -0.25) is 9.59 Å². The normalized spacial score (nSPS) is 11.3. The van der Waals surface area contributed by atoms with E-state index in [4.69, 9.17) is 4.42 Å². The lowest BCUT2D eigenvalue weighted by molar-refractivity contribution is -0.121. The largest absolute Gasteiger partial charge is 0.478 e. The number of pyridine rings is 1. The predicted molar refractivity (Wildman–Crippen MR) is 140 cm³/mol. The second-order valence-corrected chi connectivity index (χ2v) is 8.35. The maximum Gasteiger partial charge on any atom is 0.335 e. The van der Waals surface area contributed by atoms with Crippen LogP contribution in [0.15, 0.2) is 93.2 Å². The third kappa shape index (κ3) is 4.65. The van der Waals surface area contributed by atoms with E-state index < -0.39 is 17.8 Å². The molecule has 3 aromatic carbocycles. The fourth-order valence-electron chi connectivity index (χ4n) is 4.19. The van der Waals surface area contributed by atoms with E-state index in [9.17, 15) is 29.4 Å². The van der Waals surface area contributed by atoms with Gasteiger partial charge in [-0.25, -0.2) is 15.0 Å². The van der Waals surface area contributed by atoms with Gasteiger partial charge in [0.15, 0.2) is 5.43 Å². The summed E-state index contributed by atoms with van der Waals surface area (Å²) in [4.78, 5) is 48.3. The number of aromatic carboxylic acids is 2. The van der Waals surface area contributed by atoms with Gasteiger partial charge < -0.3 is 19.2 Å². The second-order valence-electron chi connectivity index (χ2n) is 8.35. The number of carbonyl (C=O) groups excluding carboxylic acids is 1. The van der Waals surface area contributed by atoms with Gasteiger partial charge in [0.25, 0.3) is 5.91 Å². The molecule has 5 aromatic rings. The van der Waals surface area contributed by atoms with Crippen LogP contribution in [0.2, 0.25) is 0 Å². The van der Waals surface area contributed by atoms with E-state index in [-0.39, 0.29) is 40.2 Å². The number of aromatic nitrogens is 1. The number of para-hydroxylation sites is 2. The van der Waals surface area contributed by atoms with Gasteiger partial charge in [0.2, 0.25) is 0 Å². The zero-order valence-electron chi connectivity index (χ0n) is 19.6. The maximum absolute atomic E-state index is 12.9. The standard InChI is InChI=1S/C28H19N3O7/c32-25(15-31-22-7-3-1-5-20(22)26(33)21-6-2-4-8-23(21)31)30-29-14-19-9-10-24(38-19)16-11-17(27(34)35)13-18(12-16)28(36)37/h1-14H,15H2,(H,30,32)(H,34,35)(H,36,37)/b29-14-. The molecule has 10 nitrogen and oxygen atoms in total. The summed E-state index contributed by atoms with van der Waals surface area (Å²) in [7, 11) is 0. The quantitative estimate of drug-likeness (QED) is 0.171. The molecule has 0 bridgehead atoms. The SMILES string of the molecule is O=C(Cn1c2ccccc2c(=O)c2ccccc21)N/N=C\c1ccc(-c2cc(C(=O)O)cc(C(=O)O)c2)o1. The first-order valence-electron chi connectivity index (χ1n) is 11.4.